The average Bonchev–Trinajstić information content (AvgIpc) is 2.55. The fraction of sp³-hybridized carbons (Fsp3) is 0.294. The first-order valence-electron chi connectivity index (χ1n) is 7.32. The first-order chi connectivity index (χ1) is 10.3. The molecule has 3 rings (SSSR count). The summed E-state index contributed by atoms with van der Waals surface area (Å²) in [4.78, 5) is 16.2. The van der Waals surface area contributed by atoms with Gasteiger partial charge in [-0.2, -0.15) is 0 Å². The van der Waals surface area contributed by atoms with Crippen molar-refractivity contribution in [1.29, 1.82) is 0 Å². The van der Waals surface area contributed by atoms with Crippen LogP contribution in [0.2, 0.25) is 0 Å². The van der Waals surface area contributed by atoms with Gasteiger partial charge in [-0.15, -0.1) is 0 Å². The number of fused-ring (bicyclic) bond motifs is 1. The molecule has 1 amide bonds. The Morgan fingerprint density at radius 3 is 2.90 bits per heavy atom. The molecule has 1 aromatic carbocycles. The van der Waals surface area contributed by atoms with Crippen LogP contribution in [0.3, 0.4) is 0 Å². The summed E-state index contributed by atoms with van der Waals surface area (Å²) in [7, 11) is 0. The Morgan fingerprint density at radius 2 is 2.05 bits per heavy atom. The van der Waals surface area contributed by atoms with E-state index in [-0.39, 0.29) is 5.91 Å². The van der Waals surface area contributed by atoms with E-state index < -0.39 is 0 Å². The number of nitrogens with one attached hydrogen (secondary N) is 2. The second-order valence-corrected chi connectivity index (χ2v) is 5.27. The number of pyridine rings is 1. The number of amides is 1. The summed E-state index contributed by atoms with van der Waals surface area (Å²) in [5.41, 5.74) is 4.51. The van der Waals surface area contributed by atoms with Crippen molar-refractivity contribution in [3.63, 3.8) is 0 Å². The summed E-state index contributed by atoms with van der Waals surface area (Å²) >= 11 is 0. The molecule has 4 nitrogen and oxygen atoms in total. The van der Waals surface area contributed by atoms with Crippen LogP contribution >= 0.6 is 0 Å². The highest BCUT2D eigenvalue weighted by molar-refractivity contribution is 5.94. The molecule has 2 N–H and O–H groups in total. The molecule has 21 heavy (non-hydrogen) atoms. The van der Waals surface area contributed by atoms with Gasteiger partial charge in [0.2, 0.25) is 0 Å². The lowest BCUT2D eigenvalue weighted by atomic mass is 9.98. The monoisotopic (exact) mass is 281 g/mol. The highest BCUT2D eigenvalue weighted by Crippen LogP contribution is 2.15. The van der Waals surface area contributed by atoms with Gasteiger partial charge in [-0.3, -0.25) is 9.78 Å². The maximum absolute atomic E-state index is 12.2. The SMILES string of the molecule is O=C(NCCc1ccncc1)c1ccc2c(c1)CNCC2. The zero-order chi connectivity index (χ0) is 14.5. The van der Waals surface area contributed by atoms with Crippen molar-refractivity contribution < 1.29 is 4.79 Å². The van der Waals surface area contributed by atoms with Gasteiger partial charge >= 0.3 is 0 Å². The van der Waals surface area contributed by atoms with Gasteiger partial charge in [0.15, 0.2) is 0 Å². The molecular weight excluding hydrogens is 262 g/mol. The first-order valence-corrected chi connectivity index (χ1v) is 7.32. The number of nitrogens with zero attached hydrogens (tertiary/aromatic N) is 1. The third kappa shape index (κ3) is 3.47. The number of hydrogen-bond donors (Lipinski definition) is 2. The smallest absolute Gasteiger partial charge is 0.251 e. The lowest BCUT2D eigenvalue weighted by Crippen LogP contribution is -2.27. The molecule has 108 valence electrons. The summed E-state index contributed by atoms with van der Waals surface area (Å²) in [5.74, 6) is -0.00238. The fourth-order valence-electron chi connectivity index (χ4n) is 2.59. The molecular formula is C17H19N3O. The van der Waals surface area contributed by atoms with Crippen LogP contribution in [-0.4, -0.2) is 24.0 Å². The quantitative estimate of drug-likeness (QED) is 0.897. The molecule has 1 aliphatic heterocycles. The summed E-state index contributed by atoms with van der Waals surface area (Å²) in [6.07, 6.45) is 5.40. The summed E-state index contributed by atoms with van der Waals surface area (Å²) in [6, 6.07) is 9.94. The van der Waals surface area contributed by atoms with E-state index in [1.807, 2.05) is 24.3 Å². The van der Waals surface area contributed by atoms with Crippen LogP contribution in [0.4, 0.5) is 0 Å². The van der Waals surface area contributed by atoms with Gasteiger partial charge in [0.05, 0.1) is 0 Å². The van der Waals surface area contributed by atoms with E-state index in [1.54, 1.807) is 12.4 Å². The van der Waals surface area contributed by atoms with Crippen LogP contribution in [0.15, 0.2) is 42.7 Å². The lowest BCUT2D eigenvalue weighted by molar-refractivity contribution is 0.0954. The second-order valence-electron chi connectivity index (χ2n) is 5.27. The minimum Gasteiger partial charge on any atom is -0.352 e. The van der Waals surface area contributed by atoms with Crippen LogP contribution in [0.25, 0.3) is 0 Å². The zero-order valence-electron chi connectivity index (χ0n) is 11.9. The maximum Gasteiger partial charge on any atom is 0.251 e. The van der Waals surface area contributed by atoms with E-state index in [0.717, 1.165) is 31.5 Å². The van der Waals surface area contributed by atoms with Gasteiger partial charge in [-0.1, -0.05) is 6.07 Å². The van der Waals surface area contributed by atoms with Crippen LogP contribution in [0.1, 0.15) is 27.0 Å². The Hall–Kier alpha value is -2.20. The highest BCUT2D eigenvalue weighted by atomic mass is 16.1. The average molecular weight is 281 g/mol. The van der Waals surface area contributed by atoms with Crippen molar-refractivity contribution in [1.82, 2.24) is 15.6 Å². The van der Waals surface area contributed by atoms with Crippen molar-refractivity contribution in [3.05, 3.63) is 65.0 Å². The third-order valence-corrected chi connectivity index (χ3v) is 3.80. The molecule has 2 heterocycles. The summed E-state index contributed by atoms with van der Waals surface area (Å²) < 4.78 is 0. The summed E-state index contributed by atoms with van der Waals surface area (Å²) in [6.45, 7) is 2.51. The zero-order valence-corrected chi connectivity index (χ0v) is 11.9. The van der Waals surface area contributed by atoms with E-state index in [2.05, 4.69) is 21.7 Å². The number of carbonyl (C=O) groups is 1. The number of aromatic nitrogens is 1. The van der Waals surface area contributed by atoms with Crippen molar-refractivity contribution in [2.45, 2.75) is 19.4 Å². The molecule has 0 radical (unpaired) electrons. The van der Waals surface area contributed by atoms with Crippen LogP contribution in [0.5, 0.6) is 0 Å². The number of rotatable bonds is 4. The van der Waals surface area contributed by atoms with E-state index in [4.69, 9.17) is 0 Å². The molecule has 0 saturated carbocycles. The minimum atomic E-state index is -0.00238. The van der Waals surface area contributed by atoms with Gasteiger partial charge in [-0.05, 0) is 60.3 Å². The van der Waals surface area contributed by atoms with Crippen LogP contribution in [-0.2, 0) is 19.4 Å². The standard InChI is InChI=1S/C17H19N3O/c21-17(20-10-5-13-3-7-18-8-4-13)15-2-1-14-6-9-19-12-16(14)11-15/h1-4,7-8,11,19H,5-6,9-10,12H2,(H,20,21). The molecule has 0 unspecified atom stereocenters. The topological polar surface area (TPSA) is 54.0 Å². The Morgan fingerprint density at radius 1 is 1.19 bits per heavy atom. The molecule has 0 aliphatic carbocycles. The van der Waals surface area contributed by atoms with Gasteiger partial charge in [-0.25, -0.2) is 0 Å². The Labute approximate surface area is 124 Å². The second kappa shape index (κ2) is 6.50. The Kier molecular flexibility index (Phi) is 4.26. The normalized spacial score (nSPS) is 13.5. The van der Waals surface area contributed by atoms with Crippen LogP contribution < -0.4 is 10.6 Å². The molecule has 0 spiro atoms. The third-order valence-electron chi connectivity index (χ3n) is 3.80. The molecule has 2 aromatic rings. The predicted molar refractivity (Wildman–Crippen MR) is 82.1 cm³/mol. The van der Waals surface area contributed by atoms with Crippen molar-refractivity contribution >= 4 is 5.91 Å². The minimum absolute atomic E-state index is 0.00238. The van der Waals surface area contributed by atoms with E-state index >= 15 is 0 Å². The van der Waals surface area contributed by atoms with Gasteiger partial charge < -0.3 is 10.6 Å². The highest BCUT2D eigenvalue weighted by Gasteiger charge is 2.12. The number of hydrogen-bond acceptors (Lipinski definition) is 3. The van der Waals surface area contributed by atoms with Crippen molar-refractivity contribution in [2.24, 2.45) is 0 Å². The summed E-state index contributed by atoms with van der Waals surface area (Å²) in [5, 5.41) is 6.31. The van der Waals surface area contributed by atoms with Crippen LogP contribution in [0, 0.1) is 0 Å². The van der Waals surface area contributed by atoms with Crippen molar-refractivity contribution in [2.75, 3.05) is 13.1 Å². The van der Waals surface area contributed by atoms with E-state index in [1.165, 1.54) is 16.7 Å². The predicted octanol–water partition coefficient (Wildman–Crippen LogP) is 1.70. The molecule has 0 atom stereocenters. The van der Waals surface area contributed by atoms with Gasteiger partial charge in [0.1, 0.15) is 0 Å². The lowest BCUT2D eigenvalue weighted by Gasteiger charge is -2.17. The Bertz CT molecular complexity index is 625. The van der Waals surface area contributed by atoms with E-state index in [0.29, 0.717) is 6.54 Å². The maximum atomic E-state index is 12.2. The molecule has 1 aromatic heterocycles. The largest absolute Gasteiger partial charge is 0.352 e. The van der Waals surface area contributed by atoms with Gasteiger partial charge in [0, 0.05) is 31.0 Å². The molecule has 0 saturated heterocycles. The molecule has 4 heteroatoms. The number of carbonyl (C=O) groups excluding carboxylic acids is 1. The van der Waals surface area contributed by atoms with E-state index in [9.17, 15) is 4.79 Å². The molecule has 0 fully saturated rings. The number of benzene rings is 1. The fourth-order valence-corrected chi connectivity index (χ4v) is 2.59. The molecule has 1 aliphatic rings. The Balaban J connectivity index is 1.58. The van der Waals surface area contributed by atoms with Crippen molar-refractivity contribution in [3.8, 4) is 0 Å². The first kappa shape index (κ1) is 13.8. The van der Waals surface area contributed by atoms with Gasteiger partial charge in [0.25, 0.3) is 5.91 Å². The molecule has 0 bridgehead atoms.